The lowest BCUT2D eigenvalue weighted by Crippen LogP contribution is -2.21. The minimum Gasteiger partial charge on any atom is -0.494 e. The van der Waals surface area contributed by atoms with Crippen LogP contribution in [0.1, 0.15) is 16.7 Å². The fourth-order valence-corrected chi connectivity index (χ4v) is 5.80. The smallest absolute Gasteiger partial charge is 0.295 e. The predicted octanol–water partition coefficient (Wildman–Crippen LogP) is 6.12. The van der Waals surface area contributed by atoms with E-state index >= 15 is 0 Å². The molecule has 0 bridgehead atoms. The summed E-state index contributed by atoms with van der Waals surface area (Å²) in [6.07, 6.45) is 1.24. The number of nitro benzene ring substituents is 1. The van der Waals surface area contributed by atoms with Crippen LogP contribution in [0.5, 0.6) is 5.88 Å². The first-order valence-electron chi connectivity index (χ1n) is 12.8. The fraction of sp³-hybridized carbons (Fsp3) is 0.0667. The van der Waals surface area contributed by atoms with Gasteiger partial charge in [0, 0.05) is 27.5 Å². The number of hydrogen-bond acceptors (Lipinski definition) is 8. The number of nitrogens with zero attached hydrogens (tertiary/aromatic N) is 3. The number of rotatable bonds is 8. The third-order valence-electron chi connectivity index (χ3n) is 6.65. The van der Waals surface area contributed by atoms with Crippen LogP contribution >= 0.6 is 11.6 Å². The highest BCUT2D eigenvalue weighted by molar-refractivity contribution is 7.92. The molecule has 1 aromatic heterocycles. The first-order chi connectivity index (χ1) is 20.5. The van der Waals surface area contributed by atoms with Gasteiger partial charge in [-0.15, -0.1) is 0 Å². The van der Waals surface area contributed by atoms with Crippen molar-refractivity contribution in [2.75, 3.05) is 10.1 Å². The van der Waals surface area contributed by atoms with Gasteiger partial charge in [0.2, 0.25) is 5.88 Å². The Bertz CT molecular complexity index is 2090. The van der Waals surface area contributed by atoms with E-state index in [4.69, 9.17) is 11.6 Å². The molecule has 0 aliphatic heterocycles. The van der Waals surface area contributed by atoms with Crippen LogP contribution < -0.4 is 15.7 Å². The van der Waals surface area contributed by atoms with E-state index in [1.807, 2.05) is 26.0 Å². The highest BCUT2D eigenvalue weighted by atomic mass is 35.5. The predicted molar refractivity (Wildman–Crippen MR) is 167 cm³/mol. The summed E-state index contributed by atoms with van der Waals surface area (Å²) in [4.78, 5) is 24.2. The second kappa shape index (κ2) is 11.6. The number of anilines is 2. The van der Waals surface area contributed by atoms with Gasteiger partial charge in [0.25, 0.3) is 21.3 Å². The summed E-state index contributed by atoms with van der Waals surface area (Å²) in [5.74, 6) is -0.370. The van der Waals surface area contributed by atoms with Crippen LogP contribution in [-0.4, -0.2) is 29.2 Å². The molecule has 0 aliphatic rings. The van der Waals surface area contributed by atoms with Gasteiger partial charge in [-0.3, -0.25) is 25.1 Å². The molecule has 5 aromatic rings. The number of aromatic hydroxyl groups is 1. The molecule has 0 radical (unpaired) electrons. The number of hydrogen-bond donors (Lipinski definition) is 3. The maximum atomic E-state index is 13.4. The fourth-order valence-electron chi connectivity index (χ4n) is 4.59. The number of aromatic nitrogens is 1. The molecule has 0 aliphatic carbocycles. The number of halogens is 1. The number of benzene rings is 4. The van der Waals surface area contributed by atoms with Crippen LogP contribution in [0.2, 0.25) is 5.02 Å². The molecule has 0 saturated heterocycles. The second-order valence-electron chi connectivity index (χ2n) is 9.63. The number of hydrazone groups is 1. The summed E-state index contributed by atoms with van der Waals surface area (Å²) >= 11 is 5.85. The number of aryl methyl sites for hydroxylation is 2. The zero-order valence-corrected chi connectivity index (χ0v) is 24.3. The van der Waals surface area contributed by atoms with Crippen LogP contribution in [0, 0.1) is 24.0 Å². The van der Waals surface area contributed by atoms with Gasteiger partial charge >= 0.3 is 0 Å². The molecule has 0 saturated carbocycles. The lowest BCUT2D eigenvalue weighted by molar-refractivity contribution is -0.384. The quantitative estimate of drug-likeness (QED) is 0.108. The average molecular weight is 618 g/mol. The van der Waals surface area contributed by atoms with E-state index < -0.39 is 26.2 Å². The molecule has 0 atom stereocenters. The molecule has 5 rings (SSSR count). The van der Waals surface area contributed by atoms with Crippen LogP contribution in [0.4, 0.5) is 17.1 Å². The van der Waals surface area contributed by atoms with Crippen molar-refractivity contribution >= 4 is 55.7 Å². The number of nitro groups is 1. The van der Waals surface area contributed by atoms with Crippen LogP contribution in [0.3, 0.4) is 0 Å². The molecule has 218 valence electrons. The van der Waals surface area contributed by atoms with Gasteiger partial charge in [-0.1, -0.05) is 47.5 Å². The Labute approximate surface area is 250 Å². The summed E-state index contributed by atoms with van der Waals surface area (Å²) in [6.45, 7) is 3.74. The molecule has 3 N–H and O–H groups in total. The molecule has 0 fully saturated rings. The van der Waals surface area contributed by atoms with E-state index in [1.54, 1.807) is 30.3 Å². The molecule has 11 nitrogen and oxygen atoms in total. The van der Waals surface area contributed by atoms with E-state index in [1.165, 1.54) is 47.2 Å². The summed E-state index contributed by atoms with van der Waals surface area (Å²) in [7, 11) is -4.16. The molecule has 13 heteroatoms. The Balaban J connectivity index is 1.52. The van der Waals surface area contributed by atoms with E-state index in [-0.39, 0.29) is 27.7 Å². The second-order valence-corrected chi connectivity index (χ2v) is 11.8. The molecule has 0 amide bonds. The van der Waals surface area contributed by atoms with Crippen molar-refractivity contribution in [3.8, 4) is 11.6 Å². The minimum atomic E-state index is -4.16. The lowest BCUT2D eigenvalue weighted by atomic mass is 10.1. The zero-order valence-electron chi connectivity index (χ0n) is 22.8. The van der Waals surface area contributed by atoms with Crippen LogP contribution in [0.15, 0.2) is 99.7 Å². The van der Waals surface area contributed by atoms with Gasteiger partial charge < -0.3 is 5.11 Å². The van der Waals surface area contributed by atoms with E-state index in [0.717, 1.165) is 17.2 Å². The normalized spacial score (nSPS) is 11.6. The zero-order chi connectivity index (χ0) is 30.9. The Morgan fingerprint density at radius 1 is 0.977 bits per heavy atom. The third-order valence-corrected chi connectivity index (χ3v) is 8.28. The van der Waals surface area contributed by atoms with Gasteiger partial charge in [0.15, 0.2) is 0 Å². The van der Waals surface area contributed by atoms with Gasteiger partial charge in [-0.2, -0.15) is 5.10 Å². The van der Waals surface area contributed by atoms with Crippen molar-refractivity contribution in [2.24, 2.45) is 5.10 Å². The van der Waals surface area contributed by atoms with Crippen molar-refractivity contribution in [1.82, 2.24) is 4.57 Å². The SMILES string of the molecule is Cc1ccc(-n2c(O)c(C=NNc3ccc(S(=O)(=O)Nc4ccc(Cl)cc4)cc3[N+](=O)[O-])c3ccccc3c2=O)c(C)c1. The number of nitrogens with one attached hydrogen (secondary N) is 2. The molecule has 0 unspecified atom stereocenters. The van der Waals surface area contributed by atoms with Crippen molar-refractivity contribution < 1.29 is 18.4 Å². The van der Waals surface area contributed by atoms with E-state index in [9.17, 15) is 28.4 Å². The summed E-state index contributed by atoms with van der Waals surface area (Å²) < 4.78 is 29.3. The van der Waals surface area contributed by atoms with Crippen molar-refractivity contribution in [1.29, 1.82) is 0 Å². The first-order valence-corrected chi connectivity index (χ1v) is 14.6. The van der Waals surface area contributed by atoms with E-state index in [0.29, 0.717) is 21.5 Å². The van der Waals surface area contributed by atoms with E-state index in [2.05, 4.69) is 15.2 Å². The molecule has 1 heterocycles. The van der Waals surface area contributed by atoms with Crippen LogP contribution in [-0.2, 0) is 10.0 Å². The Morgan fingerprint density at radius 3 is 2.35 bits per heavy atom. The van der Waals surface area contributed by atoms with Crippen molar-refractivity contribution in [3.05, 3.63) is 127 Å². The van der Waals surface area contributed by atoms with Gasteiger partial charge in [-0.25, -0.2) is 13.0 Å². The average Bonchev–Trinajstić information content (AvgIpc) is 2.97. The lowest BCUT2D eigenvalue weighted by Gasteiger charge is -2.16. The monoisotopic (exact) mass is 617 g/mol. The molecule has 43 heavy (non-hydrogen) atoms. The molecule has 0 spiro atoms. The largest absolute Gasteiger partial charge is 0.494 e. The first kappa shape index (κ1) is 29.3. The molecule has 4 aromatic carbocycles. The highest BCUT2D eigenvalue weighted by Gasteiger charge is 2.22. The van der Waals surface area contributed by atoms with Crippen LogP contribution in [0.25, 0.3) is 16.5 Å². The number of fused-ring (bicyclic) bond motifs is 1. The Hall–Kier alpha value is -5.20. The number of sulfonamides is 1. The summed E-state index contributed by atoms with van der Waals surface area (Å²) in [5.41, 5.74) is 4.15. The molecular formula is C30H24ClN5O6S. The van der Waals surface area contributed by atoms with Crippen molar-refractivity contribution in [3.63, 3.8) is 0 Å². The van der Waals surface area contributed by atoms with Gasteiger partial charge in [0.1, 0.15) is 5.69 Å². The van der Waals surface area contributed by atoms with Gasteiger partial charge in [0.05, 0.1) is 27.3 Å². The standard InChI is InChI=1S/C30H24ClN5O6S/c1-18-7-14-27(19(2)15-18)35-29(37)24-6-4-3-5-23(24)25(30(35)38)17-32-33-26-13-12-22(16-28(26)36(39)40)43(41,42)34-21-10-8-20(31)9-11-21/h3-17,33-34,38H,1-2H3. The maximum absolute atomic E-state index is 13.4. The Kier molecular flexibility index (Phi) is 7.89. The summed E-state index contributed by atoms with van der Waals surface area (Å²) in [6, 6.07) is 21.4. The van der Waals surface area contributed by atoms with Gasteiger partial charge in [-0.05, 0) is 67.9 Å². The topological polar surface area (TPSA) is 156 Å². The van der Waals surface area contributed by atoms with Crippen molar-refractivity contribution in [2.45, 2.75) is 18.7 Å². The molecular weight excluding hydrogens is 594 g/mol. The highest BCUT2D eigenvalue weighted by Crippen LogP contribution is 2.30. The maximum Gasteiger partial charge on any atom is 0.295 e. The number of pyridine rings is 1. The summed E-state index contributed by atoms with van der Waals surface area (Å²) in [5, 5.41) is 28.4. The third kappa shape index (κ3) is 5.92. The minimum absolute atomic E-state index is 0.0989. The Morgan fingerprint density at radius 2 is 1.67 bits per heavy atom.